The number of carboxylic acids is 1. The third-order valence-electron chi connectivity index (χ3n) is 2.12. The summed E-state index contributed by atoms with van der Waals surface area (Å²) >= 11 is 1.09. The molecule has 1 fully saturated rings. The van der Waals surface area contributed by atoms with E-state index in [0.717, 1.165) is 37.4 Å². The predicted molar refractivity (Wildman–Crippen MR) is 47.3 cm³/mol. The summed E-state index contributed by atoms with van der Waals surface area (Å²) in [6, 6.07) is 0. The molecule has 1 N–H and O–H groups in total. The van der Waals surface area contributed by atoms with E-state index in [0.29, 0.717) is 0 Å². The minimum absolute atomic E-state index is 0.241. The van der Waals surface area contributed by atoms with Gasteiger partial charge >= 0.3 is 11.9 Å². The molecule has 0 aliphatic heterocycles. The standard InChI is InChI=1S/C8H12F2O2S/c9-8(10,7(11)12)5-13-6-3-1-2-4-6/h6H,1-5H2,(H,11,12). The van der Waals surface area contributed by atoms with Crippen molar-refractivity contribution in [1.29, 1.82) is 0 Å². The van der Waals surface area contributed by atoms with Gasteiger partial charge in [-0.15, -0.1) is 0 Å². The van der Waals surface area contributed by atoms with Crippen LogP contribution in [-0.4, -0.2) is 28.0 Å². The summed E-state index contributed by atoms with van der Waals surface area (Å²) in [7, 11) is 0. The first-order valence-corrected chi connectivity index (χ1v) is 5.30. The molecule has 2 nitrogen and oxygen atoms in total. The lowest BCUT2D eigenvalue weighted by atomic mass is 10.4. The maximum absolute atomic E-state index is 12.6. The molecule has 0 radical (unpaired) electrons. The fourth-order valence-electron chi connectivity index (χ4n) is 1.34. The van der Waals surface area contributed by atoms with Crippen molar-refractivity contribution in [2.45, 2.75) is 36.9 Å². The predicted octanol–water partition coefficient (Wildman–Crippen LogP) is 2.38. The van der Waals surface area contributed by atoms with E-state index in [1.54, 1.807) is 0 Å². The Morgan fingerprint density at radius 1 is 1.46 bits per heavy atom. The fourth-order valence-corrected chi connectivity index (χ4v) is 2.57. The number of hydrogen-bond donors (Lipinski definition) is 1. The second-order valence-corrected chi connectivity index (χ2v) is 4.52. The number of alkyl halides is 2. The molecule has 76 valence electrons. The molecule has 0 unspecified atom stereocenters. The highest BCUT2D eigenvalue weighted by atomic mass is 32.2. The van der Waals surface area contributed by atoms with E-state index >= 15 is 0 Å². The molecule has 0 bridgehead atoms. The van der Waals surface area contributed by atoms with Gasteiger partial charge in [-0.3, -0.25) is 0 Å². The minimum atomic E-state index is -3.56. The molecule has 0 spiro atoms. The molecule has 5 heteroatoms. The lowest BCUT2D eigenvalue weighted by molar-refractivity contribution is -0.161. The van der Waals surface area contributed by atoms with Gasteiger partial charge in [-0.25, -0.2) is 4.79 Å². The largest absolute Gasteiger partial charge is 0.477 e. The van der Waals surface area contributed by atoms with Crippen LogP contribution in [0.15, 0.2) is 0 Å². The maximum Gasteiger partial charge on any atom is 0.375 e. The van der Waals surface area contributed by atoms with Gasteiger partial charge in [-0.05, 0) is 12.8 Å². The first-order valence-electron chi connectivity index (χ1n) is 4.25. The van der Waals surface area contributed by atoms with Gasteiger partial charge in [0.2, 0.25) is 0 Å². The normalized spacial score (nSPS) is 19.2. The van der Waals surface area contributed by atoms with Crippen molar-refractivity contribution in [2.75, 3.05) is 5.75 Å². The molecule has 1 aliphatic carbocycles. The van der Waals surface area contributed by atoms with Gasteiger partial charge in [-0.1, -0.05) is 12.8 Å². The van der Waals surface area contributed by atoms with Gasteiger partial charge in [0.1, 0.15) is 0 Å². The summed E-state index contributed by atoms with van der Waals surface area (Å²) in [5, 5.41) is 8.39. The fraction of sp³-hybridized carbons (Fsp3) is 0.875. The molecule has 0 aromatic heterocycles. The Labute approximate surface area is 79.7 Å². The number of rotatable bonds is 4. The first-order chi connectivity index (χ1) is 6.02. The highest BCUT2D eigenvalue weighted by Gasteiger charge is 2.39. The molecule has 0 amide bonds. The zero-order chi connectivity index (χ0) is 9.90. The first kappa shape index (κ1) is 10.8. The average Bonchev–Trinajstić information content (AvgIpc) is 2.52. The van der Waals surface area contributed by atoms with Crippen molar-refractivity contribution in [2.24, 2.45) is 0 Å². The van der Waals surface area contributed by atoms with E-state index in [2.05, 4.69) is 0 Å². The van der Waals surface area contributed by atoms with Crippen LogP contribution in [-0.2, 0) is 4.79 Å². The molecule has 1 aliphatic rings. The molecule has 1 rings (SSSR count). The number of hydrogen-bond acceptors (Lipinski definition) is 2. The highest BCUT2D eigenvalue weighted by Crippen LogP contribution is 2.32. The molecule has 0 aromatic carbocycles. The van der Waals surface area contributed by atoms with Gasteiger partial charge in [-0.2, -0.15) is 20.5 Å². The summed E-state index contributed by atoms with van der Waals surface area (Å²) in [4.78, 5) is 10.1. The molecular formula is C8H12F2O2S. The SMILES string of the molecule is O=C(O)C(F)(F)CSC1CCCC1. The van der Waals surface area contributed by atoms with E-state index in [9.17, 15) is 13.6 Å². The molecular weight excluding hydrogens is 198 g/mol. The van der Waals surface area contributed by atoms with Crippen LogP contribution in [0.5, 0.6) is 0 Å². The second-order valence-electron chi connectivity index (χ2n) is 3.23. The lowest BCUT2D eigenvalue weighted by Gasteiger charge is -2.13. The van der Waals surface area contributed by atoms with Crippen LogP contribution < -0.4 is 0 Å². The van der Waals surface area contributed by atoms with Crippen molar-refractivity contribution in [3.8, 4) is 0 Å². The van der Waals surface area contributed by atoms with Crippen LogP contribution in [0.4, 0.5) is 8.78 Å². The van der Waals surface area contributed by atoms with E-state index in [-0.39, 0.29) is 5.25 Å². The van der Waals surface area contributed by atoms with Gasteiger partial charge in [0.15, 0.2) is 0 Å². The molecule has 0 atom stereocenters. The number of aliphatic carboxylic acids is 1. The Morgan fingerprint density at radius 3 is 2.46 bits per heavy atom. The van der Waals surface area contributed by atoms with E-state index in [1.165, 1.54) is 0 Å². The van der Waals surface area contributed by atoms with Gasteiger partial charge < -0.3 is 5.11 Å². The Morgan fingerprint density at radius 2 is 2.00 bits per heavy atom. The summed E-state index contributed by atoms with van der Waals surface area (Å²) in [6.07, 6.45) is 4.05. The molecule has 13 heavy (non-hydrogen) atoms. The Hall–Kier alpha value is -0.320. The van der Waals surface area contributed by atoms with E-state index < -0.39 is 17.6 Å². The maximum atomic E-state index is 12.6. The lowest BCUT2D eigenvalue weighted by Crippen LogP contribution is -2.31. The summed E-state index contributed by atoms with van der Waals surface area (Å²) < 4.78 is 25.2. The van der Waals surface area contributed by atoms with E-state index in [1.807, 2.05) is 0 Å². The van der Waals surface area contributed by atoms with Crippen LogP contribution in [0, 0.1) is 0 Å². The summed E-state index contributed by atoms with van der Waals surface area (Å²) in [6.45, 7) is 0. The van der Waals surface area contributed by atoms with Crippen LogP contribution in [0.2, 0.25) is 0 Å². The number of thioether (sulfide) groups is 1. The average molecular weight is 210 g/mol. The van der Waals surface area contributed by atoms with Crippen LogP contribution in [0.3, 0.4) is 0 Å². The smallest absolute Gasteiger partial charge is 0.375 e. The van der Waals surface area contributed by atoms with Crippen molar-refractivity contribution < 1.29 is 18.7 Å². The third kappa shape index (κ3) is 3.14. The van der Waals surface area contributed by atoms with Crippen molar-refractivity contribution in [3.63, 3.8) is 0 Å². The quantitative estimate of drug-likeness (QED) is 0.774. The second kappa shape index (κ2) is 4.26. The highest BCUT2D eigenvalue weighted by molar-refractivity contribution is 8.00. The summed E-state index contributed by atoms with van der Waals surface area (Å²) in [5.74, 6) is -6.17. The van der Waals surface area contributed by atoms with Crippen LogP contribution in [0.1, 0.15) is 25.7 Å². The van der Waals surface area contributed by atoms with Crippen molar-refractivity contribution in [3.05, 3.63) is 0 Å². The van der Waals surface area contributed by atoms with Crippen LogP contribution in [0.25, 0.3) is 0 Å². The summed E-state index contributed by atoms with van der Waals surface area (Å²) in [5.41, 5.74) is 0. The molecule has 0 aromatic rings. The van der Waals surface area contributed by atoms with Gasteiger partial charge in [0, 0.05) is 5.25 Å². The Bertz CT molecular complexity index is 191. The third-order valence-corrected chi connectivity index (χ3v) is 3.59. The number of carbonyl (C=O) groups is 1. The Balaban J connectivity index is 2.28. The monoisotopic (exact) mass is 210 g/mol. The number of carboxylic acid groups (broad SMARTS) is 1. The van der Waals surface area contributed by atoms with Gasteiger partial charge in [0.05, 0.1) is 5.75 Å². The van der Waals surface area contributed by atoms with E-state index in [4.69, 9.17) is 5.11 Å². The zero-order valence-electron chi connectivity index (χ0n) is 7.13. The van der Waals surface area contributed by atoms with Crippen molar-refractivity contribution >= 4 is 17.7 Å². The molecule has 1 saturated carbocycles. The van der Waals surface area contributed by atoms with Crippen LogP contribution >= 0.6 is 11.8 Å². The number of halogens is 2. The molecule has 0 saturated heterocycles. The minimum Gasteiger partial charge on any atom is -0.477 e. The van der Waals surface area contributed by atoms with Gasteiger partial charge in [0.25, 0.3) is 0 Å². The zero-order valence-corrected chi connectivity index (χ0v) is 7.95. The topological polar surface area (TPSA) is 37.3 Å². The molecule has 0 heterocycles. The Kier molecular flexibility index (Phi) is 3.53. The van der Waals surface area contributed by atoms with Crippen molar-refractivity contribution in [1.82, 2.24) is 0 Å².